The molecule has 1 heterocycles. The van der Waals surface area contributed by atoms with Gasteiger partial charge in [0, 0.05) is 25.2 Å². The Bertz CT molecular complexity index is 705. The van der Waals surface area contributed by atoms with Gasteiger partial charge in [0.25, 0.3) is 5.69 Å². The number of aromatic nitrogens is 1. The van der Waals surface area contributed by atoms with Crippen LogP contribution < -0.4 is 5.32 Å². The lowest BCUT2D eigenvalue weighted by molar-refractivity contribution is -0.839. The third-order valence-corrected chi connectivity index (χ3v) is 3.46. The summed E-state index contributed by atoms with van der Waals surface area (Å²) in [5.41, 5.74) is 2.23. The zero-order chi connectivity index (χ0) is 16.3. The van der Waals surface area contributed by atoms with E-state index >= 15 is 0 Å². The SMILES string of the molecule is Cc1ccc([N+](=O)[O-])c2c(NCCC[N+](C)(C)[O-])ccnc12.Cl.Cl. The summed E-state index contributed by atoms with van der Waals surface area (Å²) in [6.07, 6.45) is 2.31. The highest BCUT2D eigenvalue weighted by Crippen LogP contribution is 2.32. The van der Waals surface area contributed by atoms with Crippen LogP contribution in [0.15, 0.2) is 24.4 Å². The van der Waals surface area contributed by atoms with E-state index in [1.165, 1.54) is 6.07 Å². The monoisotopic (exact) mass is 376 g/mol. The van der Waals surface area contributed by atoms with E-state index in [4.69, 9.17) is 0 Å². The molecule has 2 rings (SSSR count). The highest BCUT2D eigenvalue weighted by Gasteiger charge is 2.17. The van der Waals surface area contributed by atoms with E-state index in [1.54, 1.807) is 32.4 Å². The number of hydrogen-bond donors (Lipinski definition) is 1. The lowest BCUT2D eigenvalue weighted by Gasteiger charge is -2.33. The van der Waals surface area contributed by atoms with E-state index < -0.39 is 4.92 Å². The second-order valence-corrected chi connectivity index (χ2v) is 5.82. The Balaban J connectivity index is 0.00000264. The second kappa shape index (κ2) is 8.98. The average molecular weight is 377 g/mol. The van der Waals surface area contributed by atoms with Gasteiger partial charge in [-0.25, -0.2) is 0 Å². The van der Waals surface area contributed by atoms with E-state index in [2.05, 4.69) is 10.3 Å². The molecule has 0 amide bonds. The smallest absolute Gasteiger partial charge is 0.280 e. The number of aryl methyl sites for hydroxylation is 1. The van der Waals surface area contributed by atoms with Gasteiger partial charge in [0.15, 0.2) is 0 Å². The minimum atomic E-state index is -0.397. The molecule has 1 aromatic heterocycles. The van der Waals surface area contributed by atoms with Gasteiger partial charge < -0.3 is 15.2 Å². The van der Waals surface area contributed by atoms with Crippen molar-refractivity contribution in [1.29, 1.82) is 0 Å². The predicted octanol–water partition coefficient (Wildman–Crippen LogP) is 3.67. The molecular formula is C15H22Cl2N4O3. The fourth-order valence-electron chi connectivity index (χ4n) is 2.37. The highest BCUT2D eigenvalue weighted by atomic mass is 35.5. The summed E-state index contributed by atoms with van der Waals surface area (Å²) in [6, 6.07) is 4.93. The van der Waals surface area contributed by atoms with Crippen LogP contribution in [0.2, 0.25) is 0 Å². The minimum absolute atomic E-state index is 0. The van der Waals surface area contributed by atoms with Gasteiger partial charge in [-0.05, 0) is 18.6 Å². The first kappa shape index (κ1) is 22.3. The Morgan fingerprint density at radius 3 is 2.50 bits per heavy atom. The van der Waals surface area contributed by atoms with E-state index in [1.807, 2.05) is 6.92 Å². The number of nitro groups is 1. The summed E-state index contributed by atoms with van der Waals surface area (Å²) in [4.78, 5) is 15.1. The maximum absolute atomic E-state index is 11.5. The average Bonchev–Trinajstić information content (AvgIpc) is 2.43. The zero-order valence-electron chi connectivity index (χ0n) is 13.8. The van der Waals surface area contributed by atoms with Crippen molar-refractivity contribution in [3.8, 4) is 0 Å². The fourth-order valence-corrected chi connectivity index (χ4v) is 2.37. The number of anilines is 1. The molecule has 0 spiro atoms. The van der Waals surface area contributed by atoms with Crippen molar-refractivity contribution in [2.24, 2.45) is 0 Å². The first-order valence-electron chi connectivity index (χ1n) is 7.10. The number of hydroxylamine groups is 3. The first-order valence-corrected chi connectivity index (χ1v) is 7.10. The van der Waals surface area contributed by atoms with Crippen molar-refractivity contribution >= 4 is 47.1 Å². The maximum Gasteiger partial charge on any atom is 0.280 e. The van der Waals surface area contributed by atoms with Crippen LogP contribution in [0.25, 0.3) is 10.9 Å². The van der Waals surface area contributed by atoms with Crippen molar-refractivity contribution in [3.05, 3.63) is 45.3 Å². The first-order chi connectivity index (χ1) is 10.3. The topological polar surface area (TPSA) is 91.1 Å². The van der Waals surface area contributed by atoms with Crippen LogP contribution >= 0.6 is 24.8 Å². The quantitative estimate of drug-likeness (QED) is 0.359. The molecule has 1 aromatic carbocycles. The van der Waals surface area contributed by atoms with Gasteiger partial charge in [-0.3, -0.25) is 15.1 Å². The summed E-state index contributed by atoms with van der Waals surface area (Å²) in [6.45, 7) is 2.94. The fraction of sp³-hybridized carbons (Fsp3) is 0.400. The van der Waals surface area contributed by atoms with Gasteiger partial charge in [0.1, 0.15) is 5.39 Å². The summed E-state index contributed by atoms with van der Waals surface area (Å²) in [7, 11) is 3.19. The molecule has 2 aromatic rings. The molecule has 0 unspecified atom stereocenters. The van der Waals surface area contributed by atoms with Crippen LogP contribution in [0.3, 0.4) is 0 Å². The van der Waals surface area contributed by atoms with Gasteiger partial charge in [0.05, 0.1) is 36.8 Å². The van der Waals surface area contributed by atoms with Crippen molar-refractivity contribution < 1.29 is 9.57 Å². The summed E-state index contributed by atoms with van der Waals surface area (Å²) < 4.78 is -0.349. The number of fused-ring (bicyclic) bond motifs is 1. The Labute approximate surface area is 153 Å². The molecule has 7 nitrogen and oxygen atoms in total. The number of nitro benzene ring substituents is 1. The molecule has 0 aliphatic rings. The van der Waals surface area contributed by atoms with Gasteiger partial charge >= 0.3 is 0 Å². The Kier molecular flexibility index (Phi) is 8.36. The molecular weight excluding hydrogens is 355 g/mol. The molecule has 0 aliphatic heterocycles. The Hall–Kier alpha value is -1.67. The van der Waals surface area contributed by atoms with Gasteiger partial charge in [-0.2, -0.15) is 0 Å². The number of halogens is 2. The zero-order valence-corrected chi connectivity index (χ0v) is 15.4. The van der Waals surface area contributed by atoms with Crippen molar-refractivity contribution in [1.82, 2.24) is 4.98 Å². The number of hydrogen-bond acceptors (Lipinski definition) is 5. The van der Waals surface area contributed by atoms with Gasteiger partial charge in [0.2, 0.25) is 0 Å². The molecule has 0 fully saturated rings. The van der Waals surface area contributed by atoms with E-state index in [9.17, 15) is 15.3 Å². The third kappa shape index (κ3) is 5.45. The molecule has 134 valence electrons. The number of pyridine rings is 1. The van der Waals surface area contributed by atoms with E-state index in [-0.39, 0.29) is 35.1 Å². The molecule has 0 atom stereocenters. The number of nitrogens with zero attached hydrogens (tertiary/aromatic N) is 3. The molecule has 0 saturated carbocycles. The van der Waals surface area contributed by atoms with Gasteiger partial charge in [-0.15, -0.1) is 24.8 Å². The highest BCUT2D eigenvalue weighted by molar-refractivity contribution is 6.00. The number of nitrogens with one attached hydrogen (secondary N) is 1. The van der Waals surface area contributed by atoms with Crippen LogP contribution in [-0.2, 0) is 0 Å². The number of non-ortho nitro benzene ring substituents is 1. The molecule has 9 heteroatoms. The van der Waals surface area contributed by atoms with Crippen LogP contribution in [0, 0.1) is 22.2 Å². The van der Waals surface area contributed by atoms with Crippen LogP contribution in [0.4, 0.5) is 11.4 Å². The van der Waals surface area contributed by atoms with E-state index in [0.29, 0.717) is 36.1 Å². The van der Waals surface area contributed by atoms with Crippen molar-refractivity contribution in [3.63, 3.8) is 0 Å². The summed E-state index contributed by atoms with van der Waals surface area (Å²) in [5, 5.41) is 26.5. The van der Waals surface area contributed by atoms with E-state index in [0.717, 1.165) is 5.56 Å². The number of quaternary nitrogens is 1. The van der Waals surface area contributed by atoms with Crippen LogP contribution in [0.5, 0.6) is 0 Å². The van der Waals surface area contributed by atoms with Crippen LogP contribution in [-0.4, -0.2) is 41.7 Å². The maximum atomic E-state index is 11.5. The summed E-state index contributed by atoms with van der Waals surface area (Å²) in [5.74, 6) is 0. The third-order valence-electron chi connectivity index (χ3n) is 3.46. The molecule has 0 saturated heterocycles. The Morgan fingerprint density at radius 1 is 1.25 bits per heavy atom. The molecule has 1 N–H and O–H groups in total. The predicted molar refractivity (Wildman–Crippen MR) is 101 cm³/mol. The standard InChI is InChI=1S/C15H20N4O3.2ClH/c1-11-5-6-13(18(20)21)14-12(7-9-17-15(11)14)16-8-4-10-19(2,3)22;;/h5-7,9H,4,8,10H2,1-3H3,(H,16,17);2*1H. The lowest BCUT2D eigenvalue weighted by atomic mass is 10.1. The lowest BCUT2D eigenvalue weighted by Crippen LogP contribution is -2.34. The Morgan fingerprint density at radius 2 is 1.92 bits per heavy atom. The van der Waals surface area contributed by atoms with Crippen molar-refractivity contribution in [2.75, 3.05) is 32.5 Å². The second-order valence-electron chi connectivity index (χ2n) is 5.82. The largest absolute Gasteiger partial charge is 0.633 e. The van der Waals surface area contributed by atoms with Crippen molar-refractivity contribution in [2.45, 2.75) is 13.3 Å². The normalized spacial score (nSPS) is 10.7. The van der Waals surface area contributed by atoms with Gasteiger partial charge in [-0.1, -0.05) is 6.07 Å². The molecule has 0 radical (unpaired) electrons. The van der Waals surface area contributed by atoms with Crippen LogP contribution in [0.1, 0.15) is 12.0 Å². The molecule has 0 aliphatic carbocycles. The number of benzene rings is 1. The minimum Gasteiger partial charge on any atom is -0.633 e. The molecule has 0 bridgehead atoms. The molecule has 24 heavy (non-hydrogen) atoms. The summed E-state index contributed by atoms with van der Waals surface area (Å²) >= 11 is 0. The number of rotatable bonds is 6.